The van der Waals surface area contributed by atoms with Gasteiger partial charge in [-0.15, -0.1) is 4.57 Å². The Hall–Kier alpha value is -4.57. The van der Waals surface area contributed by atoms with Crippen LogP contribution in [0.3, 0.4) is 0 Å². The van der Waals surface area contributed by atoms with Crippen molar-refractivity contribution in [2.24, 2.45) is 17.3 Å². The van der Waals surface area contributed by atoms with Crippen molar-refractivity contribution in [1.29, 1.82) is 0 Å². The summed E-state index contributed by atoms with van der Waals surface area (Å²) in [6.07, 6.45) is 0.466. The van der Waals surface area contributed by atoms with Crippen LogP contribution in [0.1, 0.15) is 45.6 Å². The minimum absolute atomic E-state index is 0.0461. The molecule has 0 radical (unpaired) electrons. The molecule has 1 amide bonds. The lowest BCUT2D eigenvalue weighted by Crippen LogP contribution is -2.37. The van der Waals surface area contributed by atoms with Crippen molar-refractivity contribution in [3.8, 4) is 5.69 Å². The van der Waals surface area contributed by atoms with Crippen LogP contribution < -0.4 is 15.6 Å². The molecular formula is C34H39N4O6+. The van der Waals surface area contributed by atoms with Gasteiger partial charge >= 0.3 is 11.9 Å². The number of nitrogens with one attached hydrogen (secondary N) is 1. The quantitative estimate of drug-likeness (QED) is 0.0680. The first-order valence-corrected chi connectivity index (χ1v) is 14.9. The first-order valence-electron chi connectivity index (χ1n) is 14.9. The molecule has 1 aliphatic heterocycles. The second-order valence-electron chi connectivity index (χ2n) is 12.0. The number of esters is 1. The molecule has 4 atom stereocenters. The summed E-state index contributed by atoms with van der Waals surface area (Å²) in [7, 11) is 0. The van der Waals surface area contributed by atoms with Crippen LogP contribution in [-0.4, -0.2) is 47.3 Å². The number of aryl methyl sites for hydroxylation is 1. The smallest absolute Gasteiger partial charge is 0.309 e. The average molecular weight is 600 g/mol. The summed E-state index contributed by atoms with van der Waals surface area (Å²) in [6.45, 7) is 7.74. The molecule has 2 heterocycles. The Morgan fingerprint density at radius 1 is 1.11 bits per heavy atom. The number of carboxylic acids is 1. The molecule has 1 aliphatic rings. The van der Waals surface area contributed by atoms with Crippen molar-refractivity contribution in [2.75, 3.05) is 24.3 Å². The number of aromatic nitrogens is 2. The van der Waals surface area contributed by atoms with Crippen molar-refractivity contribution < 1.29 is 33.5 Å². The molecule has 1 aromatic heterocycles. The molecule has 4 unspecified atom stereocenters. The number of carbonyl (C=O) groups is 3. The number of para-hydroxylation sites is 1. The molecular weight excluding hydrogens is 560 g/mol. The fourth-order valence-corrected chi connectivity index (χ4v) is 5.71. The summed E-state index contributed by atoms with van der Waals surface area (Å²) in [5.41, 5.74) is 10.9. The third kappa shape index (κ3) is 6.65. The Balaban J connectivity index is 1.43. The summed E-state index contributed by atoms with van der Waals surface area (Å²) in [5.74, 6) is -3.07. The van der Waals surface area contributed by atoms with E-state index in [0.717, 1.165) is 33.3 Å². The Morgan fingerprint density at radius 2 is 1.82 bits per heavy atom. The van der Waals surface area contributed by atoms with E-state index in [9.17, 15) is 19.5 Å². The van der Waals surface area contributed by atoms with Gasteiger partial charge in [-0.2, -0.15) is 0 Å². The number of rotatable bonds is 12. The molecule has 1 saturated heterocycles. The molecule has 0 spiro atoms. The highest BCUT2D eigenvalue weighted by Gasteiger charge is 2.40. The second-order valence-corrected chi connectivity index (χ2v) is 12.0. The molecule has 1 fully saturated rings. The number of epoxide rings is 1. The van der Waals surface area contributed by atoms with E-state index in [2.05, 4.69) is 9.88 Å². The van der Waals surface area contributed by atoms with Crippen LogP contribution in [0, 0.1) is 24.2 Å². The highest BCUT2D eigenvalue weighted by molar-refractivity contribution is 5.96. The van der Waals surface area contributed by atoms with E-state index in [-0.39, 0.29) is 31.5 Å². The zero-order chi connectivity index (χ0) is 31.6. The number of nitrogens with zero attached hydrogens (tertiary/aromatic N) is 2. The summed E-state index contributed by atoms with van der Waals surface area (Å²) >= 11 is 0. The summed E-state index contributed by atoms with van der Waals surface area (Å²) in [4.78, 5) is 43.6. The van der Waals surface area contributed by atoms with Crippen LogP contribution >= 0.6 is 0 Å². The van der Waals surface area contributed by atoms with Gasteiger partial charge in [-0.05, 0) is 56.9 Å². The lowest BCUT2D eigenvalue weighted by Gasteiger charge is -2.30. The van der Waals surface area contributed by atoms with E-state index in [4.69, 9.17) is 20.2 Å². The lowest BCUT2D eigenvalue weighted by molar-refractivity contribution is -0.538. The largest absolute Gasteiger partial charge is 0.481 e. The Morgan fingerprint density at radius 3 is 2.48 bits per heavy atom. The van der Waals surface area contributed by atoms with Crippen molar-refractivity contribution in [3.05, 3.63) is 66.2 Å². The van der Waals surface area contributed by atoms with Crippen molar-refractivity contribution in [3.63, 3.8) is 0 Å². The predicted molar refractivity (Wildman–Crippen MR) is 167 cm³/mol. The van der Waals surface area contributed by atoms with Gasteiger partial charge < -0.3 is 25.6 Å². The number of nitrogens with two attached hydrogens (primary N) is 1. The minimum Gasteiger partial charge on any atom is -0.481 e. The van der Waals surface area contributed by atoms with Crippen molar-refractivity contribution in [2.45, 2.75) is 53.1 Å². The number of hydrogen-bond acceptors (Lipinski definition) is 7. The SMILES string of the molecule is CCC(CC(C)(CC(C)C(=O)OCC1CO1)C(=O)O)C(=O)Nc1cc2c(cc1C)nc1ccc(N)cc1[n+]2-c1ccccc1. The van der Waals surface area contributed by atoms with E-state index >= 15 is 0 Å². The van der Waals surface area contributed by atoms with Gasteiger partial charge in [-0.25, -0.2) is 4.98 Å². The topological polar surface area (TPSA) is 148 Å². The Kier molecular flexibility index (Phi) is 8.82. The molecule has 0 saturated carbocycles. The number of amides is 1. The van der Waals surface area contributed by atoms with Gasteiger partial charge in [0.25, 0.3) is 0 Å². The molecule has 44 heavy (non-hydrogen) atoms. The minimum atomic E-state index is -1.32. The summed E-state index contributed by atoms with van der Waals surface area (Å²) in [5, 5.41) is 13.3. The molecule has 0 aliphatic carbocycles. The Bertz CT molecular complexity index is 1720. The summed E-state index contributed by atoms with van der Waals surface area (Å²) < 4.78 is 12.4. The van der Waals surface area contributed by atoms with Gasteiger partial charge in [0.15, 0.2) is 0 Å². The van der Waals surface area contributed by atoms with Crippen LogP contribution in [0.5, 0.6) is 0 Å². The van der Waals surface area contributed by atoms with Crippen LogP contribution in [0.15, 0.2) is 60.7 Å². The first kappa shape index (κ1) is 30.9. The normalized spacial score (nSPS) is 17.0. The highest BCUT2D eigenvalue weighted by Crippen LogP contribution is 2.36. The fourth-order valence-electron chi connectivity index (χ4n) is 5.71. The molecule has 5 rings (SSSR count). The van der Waals surface area contributed by atoms with Gasteiger partial charge in [0.2, 0.25) is 22.6 Å². The first-order chi connectivity index (χ1) is 21.0. The number of carboxylic acid groups (broad SMARTS) is 1. The number of nitrogen functional groups attached to an aromatic ring is 1. The highest BCUT2D eigenvalue weighted by atomic mass is 16.6. The molecule has 4 aromatic rings. The van der Waals surface area contributed by atoms with E-state index in [0.29, 0.717) is 24.4 Å². The van der Waals surface area contributed by atoms with Gasteiger partial charge in [0, 0.05) is 35.9 Å². The maximum Gasteiger partial charge on any atom is 0.309 e. The monoisotopic (exact) mass is 599 g/mol. The molecule has 10 heteroatoms. The van der Waals surface area contributed by atoms with E-state index in [1.165, 1.54) is 0 Å². The van der Waals surface area contributed by atoms with Gasteiger partial charge in [0.1, 0.15) is 23.7 Å². The van der Waals surface area contributed by atoms with Crippen LogP contribution in [-0.2, 0) is 23.9 Å². The summed E-state index contributed by atoms with van der Waals surface area (Å²) in [6, 6.07) is 19.3. The van der Waals surface area contributed by atoms with Gasteiger partial charge in [0.05, 0.1) is 23.6 Å². The van der Waals surface area contributed by atoms with Gasteiger partial charge in [-0.3, -0.25) is 14.4 Å². The maximum absolute atomic E-state index is 13.7. The average Bonchev–Trinajstić information content (AvgIpc) is 3.83. The van der Waals surface area contributed by atoms with Gasteiger partial charge in [-0.1, -0.05) is 32.0 Å². The Labute approximate surface area is 256 Å². The van der Waals surface area contributed by atoms with E-state index < -0.39 is 29.2 Å². The third-order valence-corrected chi connectivity index (χ3v) is 8.37. The number of benzene rings is 3. The predicted octanol–water partition coefficient (Wildman–Crippen LogP) is 4.97. The second kappa shape index (κ2) is 12.6. The van der Waals surface area contributed by atoms with E-state index in [1.54, 1.807) is 13.8 Å². The molecule has 0 bridgehead atoms. The number of carbonyl (C=O) groups excluding carboxylic acids is 2. The van der Waals surface area contributed by atoms with Crippen molar-refractivity contribution >= 4 is 51.3 Å². The molecule has 10 nitrogen and oxygen atoms in total. The third-order valence-electron chi connectivity index (χ3n) is 8.37. The molecule has 3 aromatic carbocycles. The number of anilines is 2. The molecule has 230 valence electrons. The maximum atomic E-state index is 13.7. The lowest BCUT2D eigenvalue weighted by atomic mass is 9.74. The number of ether oxygens (including phenoxy) is 2. The molecule has 4 N–H and O–H groups in total. The number of aliphatic carboxylic acids is 1. The fraction of sp³-hybridized carbons (Fsp3) is 0.382. The number of hydrogen-bond donors (Lipinski definition) is 3. The standard InChI is InChI=1S/C34H38N4O6/c1-5-22(17-34(4,33(41)42)16-21(3)32(40)44-19-25-18-43-25)31(39)37-27-15-30-28(13-20(27)2)36-26-12-11-23(35)14-29(26)38(30)24-9-7-6-8-10-24/h6-15,21-22,25H,5,16-19H2,1-4H3,(H3,35,37,39,41,42)/p+1. The van der Waals surface area contributed by atoms with Crippen LogP contribution in [0.4, 0.5) is 11.4 Å². The van der Waals surface area contributed by atoms with Crippen molar-refractivity contribution in [1.82, 2.24) is 4.98 Å². The zero-order valence-electron chi connectivity index (χ0n) is 25.5. The van der Waals surface area contributed by atoms with Crippen LogP contribution in [0.2, 0.25) is 0 Å². The van der Waals surface area contributed by atoms with E-state index in [1.807, 2.05) is 74.5 Å². The van der Waals surface area contributed by atoms with Crippen LogP contribution in [0.25, 0.3) is 27.8 Å². The number of fused-ring (bicyclic) bond motifs is 2. The zero-order valence-corrected chi connectivity index (χ0v) is 25.5.